The highest BCUT2D eigenvalue weighted by Gasteiger charge is 2.49. The summed E-state index contributed by atoms with van der Waals surface area (Å²) >= 11 is 5.99. The number of fused-ring (bicyclic) bond motifs is 1. The first-order valence-electron chi connectivity index (χ1n) is 7.73. The lowest BCUT2D eigenvalue weighted by atomic mass is 9.81. The van der Waals surface area contributed by atoms with Gasteiger partial charge in [0.2, 0.25) is 11.8 Å². The van der Waals surface area contributed by atoms with Crippen molar-refractivity contribution in [2.45, 2.75) is 25.7 Å². The molecular weight excluding hydrogens is 335 g/mol. The molecule has 3 rings (SSSR count). The third kappa shape index (κ3) is 2.82. The van der Waals surface area contributed by atoms with Gasteiger partial charge in [-0.15, -0.1) is 0 Å². The van der Waals surface area contributed by atoms with Gasteiger partial charge in [0.1, 0.15) is 0 Å². The number of hydrogen-bond acceptors (Lipinski definition) is 3. The molecule has 1 saturated heterocycles. The second kappa shape index (κ2) is 6.36. The highest BCUT2D eigenvalue weighted by molar-refractivity contribution is 6.32. The zero-order chi connectivity index (χ0) is 17.4. The Balaban J connectivity index is 2.00. The van der Waals surface area contributed by atoms with Crippen LogP contribution in [0.5, 0.6) is 0 Å². The average molecular weight is 351 g/mol. The number of carbonyl (C=O) groups is 3. The van der Waals surface area contributed by atoms with Gasteiger partial charge in [-0.1, -0.05) is 31.0 Å². The second-order valence-electron chi connectivity index (χ2n) is 6.03. The van der Waals surface area contributed by atoms with Crippen molar-refractivity contribution in [1.29, 1.82) is 0 Å². The minimum Gasteiger partial charge on any atom is -0.318 e. The van der Waals surface area contributed by atoms with E-state index in [4.69, 9.17) is 11.6 Å². The lowest BCUT2D eigenvalue weighted by Gasteiger charge is -2.19. The lowest BCUT2D eigenvalue weighted by Crippen LogP contribution is -2.32. The van der Waals surface area contributed by atoms with E-state index in [1.165, 1.54) is 18.2 Å². The Kier molecular flexibility index (Phi) is 4.41. The summed E-state index contributed by atoms with van der Waals surface area (Å²) in [5.74, 6) is -3.43. The van der Waals surface area contributed by atoms with Crippen molar-refractivity contribution in [3.63, 3.8) is 0 Å². The van der Waals surface area contributed by atoms with Crippen LogP contribution in [0.15, 0.2) is 30.6 Å². The first kappa shape index (κ1) is 16.6. The zero-order valence-corrected chi connectivity index (χ0v) is 13.6. The summed E-state index contributed by atoms with van der Waals surface area (Å²) in [6.45, 7) is 2.93. The third-order valence-electron chi connectivity index (χ3n) is 4.54. The lowest BCUT2D eigenvalue weighted by molar-refractivity contribution is -0.122. The normalized spacial score (nSPS) is 23.2. The molecule has 2 atom stereocenters. The summed E-state index contributed by atoms with van der Waals surface area (Å²) in [6.07, 6.45) is 3.17. The van der Waals surface area contributed by atoms with E-state index in [-0.39, 0.29) is 35.0 Å². The SMILES string of the molecule is C=C(F)C(=O)Nc1ccc(Cl)cc1N1C(=O)C2CCCCC2C1=O. The zero-order valence-electron chi connectivity index (χ0n) is 12.9. The van der Waals surface area contributed by atoms with Crippen LogP contribution in [-0.4, -0.2) is 17.7 Å². The molecule has 126 valence electrons. The van der Waals surface area contributed by atoms with Crippen LogP contribution >= 0.6 is 11.6 Å². The van der Waals surface area contributed by atoms with Crippen molar-refractivity contribution < 1.29 is 18.8 Å². The number of imide groups is 1. The molecule has 2 unspecified atom stereocenters. The fourth-order valence-corrected chi connectivity index (χ4v) is 3.55. The fraction of sp³-hybridized carbons (Fsp3) is 0.353. The van der Waals surface area contributed by atoms with E-state index in [9.17, 15) is 18.8 Å². The van der Waals surface area contributed by atoms with Crippen LogP contribution in [-0.2, 0) is 14.4 Å². The molecule has 0 aromatic heterocycles. The van der Waals surface area contributed by atoms with Gasteiger partial charge in [-0.3, -0.25) is 14.4 Å². The molecule has 5 nitrogen and oxygen atoms in total. The Labute approximate surface area is 143 Å². The van der Waals surface area contributed by atoms with E-state index in [1.54, 1.807) is 0 Å². The minimum absolute atomic E-state index is 0.142. The van der Waals surface area contributed by atoms with Crippen LogP contribution in [0.2, 0.25) is 5.02 Å². The van der Waals surface area contributed by atoms with Crippen molar-refractivity contribution in [2.24, 2.45) is 11.8 Å². The maximum absolute atomic E-state index is 13.0. The van der Waals surface area contributed by atoms with E-state index < -0.39 is 11.7 Å². The van der Waals surface area contributed by atoms with Gasteiger partial charge in [0.05, 0.1) is 23.2 Å². The summed E-state index contributed by atoms with van der Waals surface area (Å²) in [6, 6.07) is 4.34. The topological polar surface area (TPSA) is 66.5 Å². The van der Waals surface area contributed by atoms with Gasteiger partial charge in [0.25, 0.3) is 5.91 Å². The van der Waals surface area contributed by atoms with Crippen LogP contribution in [0.25, 0.3) is 0 Å². The van der Waals surface area contributed by atoms with E-state index in [0.717, 1.165) is 17.7 Å². The van der Waals surface area contributed by atoms with Gasteiger partial charge in [0, 0.05) is 5.02 Å². The number of hydrogen-bond donors (Lipinski definition) is 1. The van der Waals surface area contributed by atoms with Crippen molar-refractivity contribution in [3.8, 4) is 0 Å². The Hall–Kier alpha value is -2.21. The van der Waals surface area contributed by atoms with Gasteiger partial charge in [-0.25, -0.2) is 9.29 Å². The molecule has 1 aliphatic heterocycles. The molecule has 7 heteroatoms. The summed E-state index contributed by atoms with van der Waals surface area (Å²) in [4.78, 5) is 38.0. The molecule has 24 heavy (non-hydrogen) atoms. The molecule has 1 aromatic carbocycles. The van der Waals surface area contributed by atoms with Gasteiger partial charge in [-0.2, -0.15) is 0 Å². The standard InChI is InChI=1S/C17H16ClFN2O3/c1-9(19)15(22)20-13-7-6-10(18)8-14(13)21-16(23)11-4-2-3-5-12(11)17(21)24/h6-8,11-12H,1-5H2,(H,20,22). The Morgan fingerprint density at radius 2 is 1.79 bits per heavy atom. The van der Waals surface area contributed by atoms with Crippen LogP contribution in [0.4, 0.5) is 15.8 Å². The van der Waals surface area contributed by atoms with Gasteiger partial charge in [0.15, 0.2) is 5.83 Å². The molecule has 1 aliphatic carbocycles. The summed E-state index contributed by atoms with van der Waals surface area (Å²) in [5.41, 5.74) is 0.310. The molecule has 0 radical (unpaired) electrons. The van der Waals surface area contributed by atoms with Crippen molar-refractivity contribution in [1.82, 2.24) is 0 Å². The van der Waals surface area contributed by atoms with E-state index in [0.29, 0.717) is 17.9 Å². The number of carbonyl (C=O) groups excluding carboxylic acids is 3. The molecule has 3 amide bonds. The molecule has 2 aliphatic rings. The molecular formula is C17H16ClFN2O3. The average Bonchev–Trinajstić information content (AvgIpc) is 2.81. The third-order valence-corrected chi connectivity index (χ3v) is 4.77. The Morgan fingerprint density at radius 3 is 2.33 bits per heavy atom. The molecule has 1 heterocycles. The maximum Gasteiger partial charge on any atom is 0.283 e. The monoisotopic (exact) mass is 350 g/mol. The van der Waals surface area contributed by atoms with Crippen LogP contribution in [0.3, 0.4) is 0 Å². The number of anilines is 2. The van der Waals surface area contributed by atoms with Crippen molar-refractivity contribution in [3.05, 3.63) is 35.6 Å². The number of halogens is 2. The fourth-order valence-electron chi connectivity index (χ4n) is 3.39. The molecule has 1 saturated carbocycles. The quantitative estimate of drug-likeness (QED) is 0.670. The van der Waals surface area contributed by atoms with Crippen LogP contribution < -0.4 is 10.2 Å². The number of nitrogens with zero attached hydrogens (tertiary/aromatic N) is 1. The number of nitrogens with one attached hydrogen (secondary N) is 1. The van der Waals surface area contributed by atoms with E-state index in [2.05, 4.69) is 11.9 Å². The van der Waals surface area contributed by atoms with Gasteiger partial charge >= 0.3 is 0 Å². The number of rotatable bonds is 3. The summed E-state index contributed by atoms with van der Waals surface area (Å²) < 4.78 is 13.0. The summed E-state index contributed by atoms with van der Waals surface area (Å²) in [7, 11) is 0. The van der Waals surface area contributed by atoms with Gasteiger partial charge in [-0.05, 0) is 31.0 Å². The van der Waals surface area contributed by atoms with Crippen LogP contribution in [0, 0.1) is 11.8 Å². The maximum atomic E-state index is 13.0. The first-order chi connectivity index (χ1) is 11.4. The van der Waals surface area contributed by atoms with E-state index in [1.807, 2.05) is 0 Å². The Morgan fingerprint density at radius 1 is 1.21 bits per heavy atom. The number of benzene rings is 1. The van der Waals surface area contributed by atoms with Crippen LogP contribution in [0.1, 0.15) is 25.7 Å². The van der Waals surface area contributed by atoms with E-state index >= 15 is 0 Å². The molecule has 2 fully saturated rings. The molecule has 0 spiro atoms. The predicted octanol–water partition coefficient (Wildman–Crippen LogP) is 3.44. The summed E-state index contributed by atoms with van der Waals surface area (Å²) in [5, 5.41) is 2.62. The van der Waals surface area contributed by atoms with Gasteiger partial charge < -0.3 is 5.32 Å². The second-order valence-corrected chi connectivity index (χ2v) is 6.47. The van der Waals surface area contributed by atoms with Crippen molar-refractivity contribution >= 4 is 40.7 Å². The van der Waals surface area contributed by atoms with Crippen molar-refractivity contribution in [2.75, 3.05) is 10.2 Å². The highest BCUT2D eigenvalue weighted by Crippen LogP contribution is 2.42. The first-order valence-corrected chi connectivity index (χ1v) is 8.11. The highest BCUT2D eigenvalue weighted by atomic mass is 35.5. The Bertz CT molecular complexity index is 725. The smallest absolute Gasteiger partial charge is 0.283 e. The molecule has 1 aromatic rings. The molecule has 0 bridgehead atoms. The minimum atomic E-state index is -1.16. The number of amides is 3. The molecule has 1 N–H and O–H groups in total. The predicted molar refractivity (Wildman–Crippen MR) is 88.3 cm³/mol. The largest absolute Gasteiger partial charge is 0.318 e.